The molecule has 0 bridgehead atoms. The van der Waals surface area contributed by atoms with E-state index < -0.39 is 0 Å². The van der Waals surface area contributed by atoms with Crippen LogP contribution in [0.5, 0.6) is 0 Å². The summed E-state index contributed by atoms with van der Waals surface area (Å²) in [4.78, 5) is 17.4. The maximum absolute atomic E-state index is 12.8. The van der Waals surface area contributed by atoms with Gasteiger partial charge in [-0.1, -0.05) is 65.7 Å². The van der Waals surface area contributed by atoms with Crippen molar-refractivity contribution >= 4 is 68.4 Å². The van der Waals surface area contributed by atoms with Crippen LogP contribution in [0, 0.1) is 0 Å². The van der Waals surface area contributed by atoms with E-state index >= 15 is 0 Å². The van der Waals surface area contributed by atoms with E-state index in [0.29, 0.717) is 22.2 Å². The maximum atomic E-state index is 12.8. The van der Waals surface area contributed by atoms with Gasteiger partial charge in [-0.25, -0.2) is 10.4 Å². The number of hydrogen-bond donors (Lipinski definition) is 2. The average Bonchev–Trinajstić information content (AvgIpc) is 3.60. The van der Waals surface area contributed by atoms with Crippen molar-refractivity contribution in [3.8, 4) is 11.3 Å². The van der Waals surface area contributed by atoms with Crippen LogP contribution >= 0.6 is 34.5 Å². The fourth-order valence-electron chi connectivity index (χ4n) is 4.43. The van der Waals surface area contributed by atoms with Gasteiger partial charge in [-0.3, -0.25) is 4.79 Å². The Morgan fingerprint density at radius 3 is 2.37 bits per heavy atom. The van der Waals surface area contributed by atoms with Gasteiger partial charge in [0.2, 0.25) is 0 Å². The number of amides is 1. The Morgan fingerprint density at radius 1 is 0.902 bits per heavy atom. The number of nitrogens with one attached hydrogen (secondary N) is 2. The first-order chi connectivity index (χ1) is 20.0. The van der Waals surface area contributed by atoms with Crippen LogP contribution in [-0.4, -0.2) is 21.7 Å². The number of para-hydroxylation sites is 1. The molecule has 6 rings (SSSR count). The van der Waals surface area contributed by atoms with Crippen molar-refractivity contribution < 1.29 is 4.79 Å². The van der Waals surface area contributed by atoms with Gasteiger partial charge in [-0.2, -0.15) is 5.10 Å². The summed E-state index contributed by atoms with van der Waals surface area (Å²) in [7, 11) is 0. The Labute approximate surface area is 250 Å². The molecular formula is C32H23Cl2N5OS. The Kier molecular flexibility index (Phi) is 7.82. The highest BCUT2D eigenvalue weighted by Crippen LogP contribution is 2.28. The summed E-state index contributed by atoms with van der Waals surface area (Å²) in [6.45, 7) is 0.696. The van der Waals surface area contributed by atoms with Gasteiger partial charge >= 0.3 is 0 Å². The fraction of sp³-hybridized carbons (Fsp3) is 0.0312. The molecule has 202 valence electrons. The van der Waals surface area contributed by atoms with Crippen LogP contribution in [0.1, 0.15) is 21.5 Å². The van der Waals surface area contributed by atoms with Crippen LogP contribution in [-0.2, 0) is 6.54 Å². The molecule has 0 aliphatic rings. The number of benzene rings is 4. The number of fused-ring (bicyclic) bond motifs is 1. The van der Waals surface area contributed by atoms with E-state index in [-0.39, 0.29) is 5.91 Å². The zero-order chi connectivity index (χ0) is 28.2. The lowest BCUT2D eigenvalue weighted by molar-refractivity contribution is 0.0955. The molecule has 1 amide bonds. The molecule has 4 aromatic carbocycles. The molecule has 0 aliphatic carbocycles. The molecule has 2 heterocycles. The summed E-state index contributed by atoms with van der Waals surface area (Å²) in [5.74, 6) is -0.291. The molecule has 41 heavy (non-hydrogen) atoms. The van der Waals surface area contributed by atoms with Crippen molar-refractivity contribution in [2.75, 3.05) is 5.32 Å². The Balaban J connectivity index is 1.11. The van der Waals surface area contributed by atoms with Crippen molar-refractivity contribution in [1.82, 2.24) is 15.0 Å². The van der Waals surface area contributed by atoms with Crippen LogP contribution in [0.3, 0.4) is 0 Å². The third-order valence-corrected chi connectivity index (χ3v) is 7.76. The van der Waals surface area contributed by atoms with Crippen molar-refractivity contribution in [3.05, 3.63) is 135 Å². The smallest absolute Gasteiger partial charge is 0.271 e. The topological polar surface area (TPSA) is 71.3 Å². The second kappa shape index (κ2) is 12.0. The zero-order valence-electron chi connectivity index (χ0n) is 21.6. The number of nitrogens with zero attached hydrogens (tertiary/aromatic N) is 3. The number of carbonyl (C=O) groups is 1. The zero-order valence-corrected chi connectivity index (χ0v) is 23.9. The normalized spacial score (nSPS) is 11.3. The number of carbonyl (C=O) groups excluding carboxylic acids is 1. The van der Waals surface area contributed by atoms with E-state index in [9.17, 15) is 4.79 Å². The van der Waals surface area contributed by atoms with Gasteiger partial charge in [-0.15, -0.1) is 11.3 Å². The number of thiazole rings is 1. The van der Waals surface area contributed by atoms with E-state index in [1.807, 2.05) is 90.4 Å². The minimum Gasteiger partial charge on any atom is -0.342 e. The standard InChI is InChI=1S/C32H23Cl2N5OS/c33-25-11-5-21(6-12-25)18-39-19-24(28-3-1-2-4-30(28)39)17-35-38-31(40)23-9-7-22(8-10-23)29-20-41-32(37-29)36-27-15-13-26(34)14-16-27/h1-17,19-20H,18H2,(H,36,37)(H,38,40)/b35-17-. The Bertz CT molecular complexity index is 1840. The highest BCUT2D eigenvalue weighted by atomic mass is 35.5. The van der Waals surface area contributed by atoms with Gasteiger partial charge in [0.15, 0.2) is 5.13 Å². The lowest BCUT2D eigenvalue weighted by Gasteiger charge is -2.05. The molecule has 0 saturated carbocycles. The van der Waals surface area contributed by atoms with E-state index in [4.69, 9.17) is 23.2 Å². The molecule has 0 fully saturated rings. The average molecular weight is 597 g/mol. The number of anilines is 2. The molecule has 2 N–H and O–H groups in total. The summed E-state index contributed by atoms with van der Waals surface area (Å²) in [6, 6.07) is 30.7. The summed E-state index contributed by atoms with van der Waals surface area (Å²) >= 11 is 13.5. The van der Waals surface area contributed by atoms with Gasteiger partial charge in [0.1, 0.15) is 0 Å². The Hall–Kier alpha value is -4.43. The van der Waals surface area contributed by atoms with Crippen LogP contribution in [0.2, 0.25) is 10.0 Å². The molecule has 0 saturated heterocycles. The van der Waals surface area contributed by atoms with Crippen LogP contribution in [0.15, 0.2) is 114 Å². The van der Waals surface area contributed by atoms with E-state index in [1.54, 1.807) is 18.3 Å². The van der Waals surface area contributed by atoms with Crippen molar-refractivity contribution in [2.45, 2.75) is 6.54 Å². The number of halogens is 2. The van der Waals surface area contributed by atoms with Crippen molar-refractivity contribution in [3.63, 3.8) is 0 Å². The number of rotatable bonds is 8. The molecule has 0 unspecified atom stereocenters. The molecule has 0 spiro atoms. The third kappa shape index (κ3) is 6.33. The minimum absolute atomic E-state index is 0.291. The molecule has 0 atom stereocenters. The third-order valence-electron chi connectivity index (χ3n) is 6.50. The first-order valence-corrected chi connectivity index (χ1v) is 14.4. The maximum Gasteiger partial charge on any atom is 0.271 e. The molecule has 2 aromatic heterocycles. The highest BCUT2D eigenvalue weighted by Gasteiger charge is 2.10. The molecule has 0 aliphatic heterocycles. The Morgan fingerprint density at radius 2 is 1.61 bits per heavy atom. The van der Waals surface area contributed by atoms with Gasteiger partial charge in [0.05, 0.1) is 11.9 Å². The van der Waals surface area contributed by atoms with Crippen LogP contribution in [0.25, 0.3) is 22.2 Å². The van der Waals surface area contributed by atoms with Crippen molar-refractivity contribution in [1.29, 1.82) is 0 Å². The second-order valence-electron chi connectivity index (χ2n) is 9.30. The molecular weight excluding hydrogens is 573 g/mol. The van der Waals surface area contributed by atoms with Crippen LogP contribution in [0.4, 0.5) is 10.8 Å². The van der Waals surface area contributed by atoms with E-state index in [2.05, 4.69) is 31.5 Å². The predicted molar refractivity (Wildman–Crippen MR) is 170 cm³/mol. The van der Waals surface area contributed by atoms with E-state index in [1.165, 1.54) is 11.3 Å². The minimum atomic E-state index is -0.291. The summed E-state index contributed by atoms with van der Waals surface area (Å²) in [6.07, 6.45) is 3.71. The first-order valence-electron chi connectivity index (χ1n) is 12.8. The monoisotopic (exact) mass is 595 g/mol. The number of hydrogen-bond acceptors (Lipinski definition) is 5. The predicted octanol–water partition coefficient (Wildman–Crippen LogP) is 8.63. The number of aromatic nitrogens is 2. The summed E-state index contributed by atoms with van der Waals surface area (Å²) < 4.78 is 2.16. The SMILES string of the molecule is O=C(N/N=C\c1cn(Cc2ccc(Cl)cc2)c2ccccc12)c1ccc(-c2csc(Nc3ccc(Cl)cc3)n2)cc1. The molecule has 0 radical (unpaired) electrons. The highest BCUT2D eigenvalue weighted by molar-refractivity contribution is 7.14. The summed E-state index contributed by atoms with van der Waals surface area (Å²) in [5.41, 5.74) is 8.94. The van der Waals surface area contributed by atoms with Crippen molar-refractivity contribution in [2.24, 2.45) is 5.10 Å². The number of hydrazone groups is 1. The molecule has 6 aromatic rings. The van der Waals surface area contributed by atoms with E-state index in [0.717, 1.165) is 44.1 Å². The van der Waals surface area contributed by atoms with Gasteiger partial charge in [0.25, 0.3) is 5.91 Å². The van der Waals surface area contributed by atoms with Gasteiger partial charge in [0, 0.05) is 61.4 Å². The molecule has 9 heteroatoms. The fourth-order valence-corrected chi connectivity index (χ4v) is 5.43. The summed E-state index contributed by atoms with van der Waals surface area (Å²) in [5, 5.41) is 12.7. The van der Waals surface area contributed by atoms with Crippen LogP contribution < -0.4 is 10.7 Å². The lowest BCUT2D eigenvalue weighted by atomic mass is 10.1. The largest absolute Gasteiger partial charge is 0.342 e. The van der Waals surface area contributed by atoms with Gasteiger partial charge < -0.3 is 9.88 Å². The second-order valence-corrected chi connectivity index (χ2v) is 11.0. The van der Waals surface area contributed by atoms with Gasteiger partial charge in [-0.05, 0) is 60.2 Å². The quantitative estimate of drug-likeness (QED) is 0.137. The lowest BCUT2D eigenvalue weighted by Crippen LogP contribution is -2.17. The first kappa shape index (κ1) is 26.8. The molecule has 6 nitrogen and oxygen atoms in total.